The maximum absolute atomic E-state index is 14.5. The van der Waals surface area contributed by atoms with E-state index in [0.717, 1.165) is 20.6 Å². The summed E-state index contributed by atoms with van der Waals surface area (Å²) in [7, 11) is 0. The lowest BCUT2D eigenvalue weighted by Crippen LogP contribution is -2.60. The normalized spacial score (nSPS) is 30.2. The Balaban J connectivity index is 1.41. The maximum atomic E-state index is 14.5. The molecule has 1 N–H and O–H groups in total. The van der Waals surface area contributed by atoms with Crippen LogP contribution in [0, 0.1) is 27.1 Å². The van der Waals surface area contributed by atoms with Crippen LogP contribution in [0.3, 0.4) is 0 Å². The number of nitrogens with zero attached hydrogens (tertiary/aromatic N) is 2. The molecule has 2 saturated heterocycles. The van der Waals surface area contributed by atoms with Crippen molar-refractivity contribution in [2.24, 2.45) is 17.8 Å². The number of alkyl halides is 2. The zero-order valence-corrected chi connectivity index (χ0v) is 27.9. The molecule has 0 radical (unpaired) electrons. The minimum absolute atomic E-state index is 0.0729. The fraction of sp³-hybridized carbons (Fsp3) is 0.294. The van der Waals surface area contributed by atoms with Gasteiger partial charge in [0.05, 0.1) is 29.8 Å². The maximum Gasteiger partial charge on any atom is 0.258 e. The molecule has 3 fully saturated rings. The van der Waals surface area contributed by atoms with Gasteiger partial charge in [-0.25, -0.2) is 9.29 Å². The van der Waals surface area contributed by atoms with Crippen molar-refractivity contribution in [3.05, 3.63) is 93.3 Å². The lowest BCUT2D eigenvalue weighted by molar-refractivity contribution is -0.125. The van der Waals surface area contributed by atoms with Crippen LogP contribution in [0.2, 0.25) is 0 Å². The van der Waals surface area contributed by atoms with Crippen molar-refractivity contribution in [1.29, 1.82) is 0 Å². The van der Waals surface area contributed by atoms with E-state index in [1.54, 1.807) is 55.5 Å². The molecule has 6 atom stereocenters. The van der Waals surface area contributed by atoms with E-state index < -0.39 is 57.0 Å². The van der Waals surface area contributed by atoms with E-state index in [0.29, 0.717) is 11.3 Å². The first-order valence-corrected chi connectivity index (χ1v) is 16.6. The van der Waals surface area contributed by atoms with Crippen molar-refractivity contribution in [3.8, 4) is 11.5 Å². The van der Waals surface area contributed by atoms with Crippen LogP contribution in [0.1, 0.15) is 31.2 Å². The van der Waals surface area contributed by atoms with Crippen molar-refractivity contribution < 1.29 is 33.4 Å². The molecule has 4 aliphatic rings. The molecule has 0 bridgehead atoms. The van der Waals surface area contributed by atoms with Gasteiger partial charge in [-0.2, -0.15) is 0 Å². The lowest BCUT2D eigenvalue weighted by atomic mass is 9.56. The largest absolute Gasteiger partial charge is 0.504 e. The van der Waals surface area contributed by atoms with E-state index >= 15 is 0 Å². The Morgan fingerprint density at radius 3 is 2.24 bits per heavy atom. The number of fused-ring (bicyclic) bond motifs is 4. The van der Waals surface area contributed by atoms with Crippen LogP contribution in [-0.4, -0.2) is 45.1 Å². The summed E-state index contributed by atoms with van der Waals surface area (Å²) in [6.45, 7) is 1.99. The van der Waals surface area contributed by atoms with Crippen LogP contribution in [0.4, 0.5) is 15.8 Å². The topological polar surface area (TPSA) is 104 Å². The van der Waals surface area contributed by atoms with Crippen molar-refractivity contribution in [3.63, 3.8) is 0 Å². The predicted octanol–water partition coefficient (Wildman–Crippen LogP) is 6.30. The first-order chi connectivity index (χ1) is 21.9. The van der Waals surface area contributed by atoms with Crippen LogP contribution in [0.25, 0.3) is 0 Å². The van der Waals surface area contributed by atoms with Crippen LogP contribution in [-0.2, 0) is 19.2 Å². The highest BCUT2D eigenvalue weighted by molar-refractivity contribution is 14.1. The number of rotatable bonds is 5. The van der Waals surface area contributed by atoms with Crippen LogP contribution in [0.5, 0.6) is 11.5 Å². The molecule has 3 aromatic rings. The molecule has 12 heteroatoms. The second-order valence-electron chi connectivity index (χ2n) is 11.9. The number of benzene rings is 3. The highest BCUT2D eigenvalue weighted by atomic mass is 127. The summed E-state index contributed by atoms with van der Waals surface area (Å²) in [6.07, 6.45) is 1.75. The number of phenolic OH excluding ortho intramolecular Hbond substituents is 1. The Hall–Kier alpha value is -3.48. The number of aromatic hydroxyl groups is 1. The van der Waals surface area contributed by atoms with Crippen molar-refractivity contribution >= 4 is 80.8 Å². The molecule has 0 unspecified atom stereocenters. The highest BCUT2D eigenvalue weighted by Crippen LogP contribution is 2.66. The van der Waals surface area contributed by atoms with E-state index in [1.165, 1.54) is 17.0 Å². The first-order valence-electron chi connectivity index (χ1n) is 14.7. The molecule has 3 aromatic carbocycles. The third-order valence-corrected chi connectivity index (χ3v) is 11.8. The minimum Gasteiger partial charge on any atom is -0.504 e. The van der Waals surface area contributed by atoms with E-state index in [1.807, 2.05) is 0 Å². The Kier molecular flexibility index (Phi) is 7.48. The summed E-state index contributed by atoms with van der Waals surface area (Å²) in [4.78, 5) is 54.6. The molecule has 8 nitrogen and oxygen atoms in total. The van der Waals surface area contributed by atoms with Gasteiger partial charge < -0.3 is 9.84 Å². The molecule has 46 heavy (non-hydrogen) atoms. The van der Waals surface area contributed by atoms with E-state index in [2.05, 4.69) is 22.6 Å². The average molecular weight is 775 g/mol. The van der Waals surface area contributed by atoms with E-state index in [9.17, 15) is 28.7 Å². The van der Waals surface area contributed by atoms with Crippen LogP contribution in [0.15, 0.2) is 78.4 Å². The second-order valence-corrected chi connectivity index (χ2v) is 14.4. The molecule has 236 valence electrons. The van der Waals surface area contributed by atoms with Gasteiger partial charge in [0, 0.05) is 15.1 Å². The molecule has 0 aromatic heterocycles. The number of hydrogen-bond acceptors (Lipinski definition) is 6. The zero-order valence-electron chi connectivity index (χ0n) is 24.3. The minimum atomic E-state index is -2.17. The number of phenols is 1. The number of imide groups is 2. The number of hydrogen-bond donors (Lipinski definition) is 1. The van der Waals surface area contributed by atoms with Gasteiger partial charge in [-0.1, -0.05) is 23.8 Å². The summed E-state index contributed by atoms with van der Waals surface area (Å²) in [5, 5.41) is 11.5. The quantitative estimate of drug-likeness (QED) is 0.141. The summed E-state index contributed by atoms with van der Waals surface area (Å²) >= 11 is 16.9. The van der Waals surface area contributed by atoms with E-state index in [-0.39, 0.29) is 48.1 Å². The second kappa shape index (κ2) is 11.1. The fourth-order valence-corrected chi connectivity index (χ4v) is 8.92. The molecule has 2 aliphatic heterocycles. The van der Waals surface area contributed by atoms with Gasteiger partial charge >= 0.3 is 0 Å². The van der Waals surface area contributed by atoms with E-state index in [4.69, 9.17) is 27.9 Å². The van der Waals surface area contributed by atoms with Crippen molar-refractivity contribution in [2.75, 3.05) is 16.4 Å². The number of carbonyl (C=O) groups is 4. The zero-order chi connectivity index (χ0) is 32.7. The van der Waals surface area contributed by atoms with Gasteiger partial charge in [0.15, 0.2) is 21.2 Å². The van der Waals surface area contributed by atoms with Gasteiger partial charge in [0.1, 0.15) is 5.82 Å². The standard InChI is InChI=1S/C34H26Cl2FIN2O6/c1-2-46-25-5-3-4-23(28(25)41)27-21-14-15-22-26(30(43)39(29(22)42)19-12-8-18(38)9-13-19)24(21)16-33(35)31(44)40(32(45)34(27,33)36)20-10-6-17(37)7-11-20/h3-14,22,24,26-27,41H,2,15-16H2,1H3/t22-,24+,26-,27+,33+,34-/m0/s1. The van der Waals surface area contributed by atoms with Crippen LogP contribution >= 0.6 is 45.8 Å². The fourth-order valence-electron chi connectivity index (χ4n) is 7.63. The number of allylic oxidation sites excluding steroid dienone is 2. The van der Waals surface area contributed by atoms with Crippen molar-refractivity contribution in [2.45, 2.75) is 35.4 Å². The SMILES string of the molecule is CCOc1cccc([C@H]2C3=CC[C@@H]4C(=O)N(c5ccc(I)cc5)C(=O)[C@@H]4[C@@H]3C[C@@]3(Cl)C(=O)N(c4ccc(F)cc4)C(=O)[C@@]23Cl)c1O. The number of anilines is 2. The summed E-state index contributed by atoms with van der Waals surface area (Å²) in [6, 6.07) is 16.6. The molecule has 4 amide bonds. The predicted molar refractivity (Wildman–Crippen MR) is 178 cm³/mol. The molecule has 0 spiro atoms. The Morgan fingerprint density at radius 1 is 0.913 bits per heavy atom. The average Bonchev–Trinajstić information content (AvgIpc) is 3.37. The molecule has 1 saturated carbocycles. The van der Waals surface area contributed by atoms with Gasteiger partial charge in [0.25, 0.3) is 11.8 Å². The lowest BCUT2D eigenvalue weighted by Gasteiger charge is -2.50. The summed E-state index contributed by atoms with van der Waals surface area (Å²) in [5.41, 5.74) is 1.23. The summed E-state index contributed by atoms with van der Waals surface area (Å²) < 4.78 is 20.4. The van der Waals surface area contributed by atoms with Gasteiger partial charge in [0.2, 0.25) is 11.8 Å². The molecule has 7 rings (SSSR count). The monoisotopic (exact) mass is 774 g/mol. The molecule has 2 aliphatic carbocycles. The number of carbonyl (C=O) groups excluding carboxylic acids is 4. The number of para-hydroxylation sites is 1. The summed E-state index contributed by atoms with van der Waals surface area (Å²) in [5.74, 6) is -6.79. The highest BCUT2D eigenvalue weighted by Gasteiger charge is 2.77. The molecule has 2 heterocycles. The first kappa shape index (κ1) is 31.1. The Labute approximate surface area is 287 Å². The third-order valence-electron chi connectivity index (χ3n) is 9.62. The van der Waals surface area contributed by atoms with Gasteiger partial charge in [-0.3, -0.25) is 24.1 Å². The molecular weight excluding hydrogens is 749 g/mol. The third kappa shape index (κ3) is 4.22. The Morgan fingerprint density at radius 2 is 1.57 bits per heavy atom. The van der Waals surface area contributed by atoms with Gasteiger partial charge in [-0.05, 0) is 103 Å². The van der Waals surface area contributed by atoms with Crippen molar-refractivity contribution in [1.82, 2.24) is 0 Å². The van der Waals surface area contributed by atoms with Gasteiger partial charge in [-0.15, -0.1) is 23.2 Å². The number of ether oxygens (including phenoxy) is 1. The van der Waals surface area contributed by atoms with Crippen LogP contribution < -0.4 is 14.5 Å². The number of amides is 4. The number of halogens is 4. The Bertz CT molecular complexity index is 1850. The molecular formula is C34H26Cl2FIN2O6. The smallest absolute Gasteiger partial charge is 0.258 e.